The van der Waals surface area contributed by atoms with Gasteiger partial charge in [-0.1, -0.05) is 47.0 Å². The van der Waals surface area contributed by atoms with Crippen LogP contribution in [0.3, 0.4) is 0 Å². The first kappa shape index (κ1) is 10.9. The minimum absolute atomic E-state index is 0.128. The van der Waals surface area contributed by atoms with E-state index in [2.05, 4.69) is 22.0 Å². The van der Waals surface area contributed by atoms with E-state index in [4.69, 9.17) is 0 Å². The van der Waals surface area contributed by atoms with E-state index in [1.54, 1.807) is 0 Å². The molecule has 0 aromatic heterocycles. The van der Waals surface area contributed by atoms with E-state index in [1.165, 1.54) is 18.4 Å². The Morgan fingerprint density at radius 2 is 1.93 bits per heavy atom. The van der Waals surface area contributed by atoms with Gasteiger partial charge in [-0.15, -0.1) is 0 Å². The molecule has 1 aliphatic rings. The Bertz CT molecular complexity index is 359. The topological polar surface area (TPSA) is 17.1 Å². The van der Waals surface area contributed by atoms with Crippen LogP contribution >= 0.6 is 15.9 Å². The van der Waals surface area contributed by atoms with Crippen molar-refractivity contribution in [2.75, 3.05) is 0 Å². The zero-order chi connectivity index (χ0) is 10.7. The van der Waals surface area contributed by atoms with Crippen molar-refractivity contribution in [3.63, 3.8) is 0 Å². The monoisotopic (exact) mass is 266 g/mol. The van der Waals surface area contributed by atoms with Crippen LogP contribution in [-0.2, 0) is 4.79 Å². The zero-order valence-corrected chi connectivity index (χ0v) is 10.3. The van der Waals surface area contributed by atoms with Gasteiger partial charge in [0.1, 0.15) is 5.78 Å². The lowest BCUT2D eigenvalue weighted by Crippen LogP contribution is -2.10. The molecule has 1 aromatic rings. The number of halogens is 1. The highest BCUT2D eigenvalue weighted by Gasteiger charge is 2.23. The second-order valence-electron chi connectivity index (χ2n) is 4.14. The van der Waals surface area contributed by atoms with Gasteiger partial charge >= 0.3 is 0 Å². The molecule has 1 fully saturated rings. The molecule has 2 heteroatoms. The summed E-state index contributed by atoms with van der Waals surface area (Å²) >= 11 is 3.53. The molecule has 0 aliphatic heterocycles. The minimum atomic E-state index is 0.128. The van der Waals surface area contributed by atoms with Crippen molar-refractivity contribution in [1.29, 1.82) is 0 Å². The van der Waals surface area contributed by atoms with Crippen molar-refractivity contribution >= 4 is 21.7 Å². The summed E-state index contributed by atoms with van der Waals surface area (Å²) in [4.78, 5) is 11.9. The van der Waals surface area contributed by atoms with Crippen LogP contribution in [-0.4, -0.2) is 5.78 Å². The van der Waals surface area contributed by atoms with Gasteiger partial charge in [0, 0.05) is 16.8 Å². The highest BCUT2D eigenvalue weighted by molar-refractivity contribution is 9.10. The van der Waals surface area contributed by atoms with Gasteiger partial charge in [0.2, 0.25) is 0 Å². The van der Waals surface area contributed by atoms with E-state index < -0.39 is 0 Å². The lowest BCUT2D eigenvalue weighted by Gasteiger charge is -2.14. The largest absolute Gasteiger partial charge is 0.299 e. The molecule has 1 unspecified atom stereocenters. The van der Waals surface area contributed by atoms with Crippen LogP contribution in [0.4, 0.5) is 0 Å². The van der Waals surface area contributed by atoms with Crippen LogP contribution in [0.2, 0.25) is 0 Å². The fourth-order valence-electron chi connectivity index (χ4n) is 2.25. The van der Waals surface area contributed by atoms with Crippen molar-refractivity contribution in [1.82, 2.24) is 0 Å². The van der Waals surface area contributed by atoms with E-state index in [0.717, 1.165) is 23.7 Å². The van der Waals surface area contributed by atoms with Gasteiger partial charge < -0.3 is 0 Å². The SMILES string of the molecule is O=C1CCCCCC1c1ccccc1Br. The molecule has 0 radical (unpaired) electrons. The molecule has 15 heavy (non-hydrogen) atoms. The molecule has 1 nitrogen and oxygen atoms in total. The third-order valence-corrected chi connectivity index (χ3v) is 3.81. The average molecular weight is 267 g/mol. The highest BCUT2D eigenvalue weighted by atomic mass is 79.9. The predicted octanol–water partition coefficient (Wildman–Crippen LogP) is 4.07. The number of carbonyl (C=O) groups excluding carboxylic acids is 1. The van der Waals surface area contributed by atoms with Crippen LogP contribution in [0, 0.1) is 0 Å². The first-order valence-corrected chi connectivity index (χ1v) is 6.35. The Balaban J connectivity index is 2.28. The molecule has 0 spiro atoms. The molecule has 1 atom stereocenters. The average Bonchev–Trinajstić information content (AvgIpc) is 2.44. The van der Waals surface area contributed by atoms with Gasteiger partial charge in [-0.2, -0.15) is 0 Å². The van der Waals surface area contributed by atoms with Gasteiger partial charge in [-0.3, -0.25) is 4.79 Å². The molecule has 0 bridgehead atoms. The number of Topliss-reactive ketones (excluding diaryl/α,β-unsaturated/α-hetero) is 1. The standard InChI is InChI=1S/C13H15BrO/c14-12-8-5-4-6-10(12)11-7-2-1-3-9-13(11)15/h4-6,8,11H,1-3,7,9H2. The van der Waals surface area contributed by atoms with Crippen molar-refractivity contribution in [2.24, 2.45) is 0 Å². The lowest BCUT2D eigenvalue weighted by atomic mass is 9.91. The predicted molar refractivity (Wildman–Crippen MR) is 65.0 cm³/mol. The zero-order valence-electron chi connectivity index (χ0n) is 8.71. The molecule has 0 saturated heterocycles. The Morgan fingerprint density at radius 3 is 2.73 bits per heavy atom. The quantitative estimate of drug-likeness (QED) is 0.701. The molecule has 80 valence electrons. The number of ketones is 1. The number of hydrogen-bond donors (Lipinski definition) is 0. The van der Waals surface area contributed by atoms with Crippen molar-refractivity contribution in [3.8, 4) is 0 Å². The molecule has 1 saturated carbocycles. The summed E-state index contributed by atoms with van der Waals surface area (Å²) in [5.41, 5.74) is 1.17. The lowest BCUT2D eigenvalue weighted by molar-refractivity contribution is -0.120. The Hall–Kier alpha value is -0.630. The third kappa shape index (κ3) is 2.49. The normalized spacial score (nSPS) is 22.5. The maximum absolute atomic E-state index is 11.9. The maximum atomic E-state index is 11.9. The van der Waals surface area contributed by atoms with Gasteiger partial charge in [0.05, 0.1) is 0 Å². The van der Waals surface area contributed by atoms with E-state index >= 15 is 0 Å². The molecular weight excluding hydrogens is 252 g/mol. The molecule has 0 heterocycles. The number of carbonyl (C=O) groups is 1. The van der Waals surface area contributed by atoms with Gasteiger partial charge in [-0.05, 0) is 24.5 Å². The second kappa shape index (κ2) is 4.93. The summed E-state index contributed by atoms with van der Waals surface area (Å²) in [6.07, 6.45) is 5.22. The van der Waals surface area contributed by atoms with Crippen molar-refractivity contribution in [3.05, 3.63) is 34.3 Å². The summed E-state index contributed by atoms with van der Waals surface area (Å²) in [6, 6.07) is 8.10. The first-order valence-electron chi connectivity index (χ1n) is 5.56. The van der Waals surface area contributed by atoms with E-state index in [-0.39, 0.29) is 5.92 Å². The molecule has 1 aromatic carbocycles. The van der Waals surface area contributed by atoms with Crippen molar-refractivity contribution < 1.29 is 4.79 Å². The van der Waals surface area contributed by atoms with Crippen LogP contribution in [0.25, 0.3) is 0 Å². The second-order valence-corrected chi connectivity index (χ2v) is 4.99. The fraction of sp³-hybridized carbons (Fsp3) is 0.462. The summed E-state index contributed by atoms with van der Waals surface area (Å²) < 4.78 is 1.07. The Kier molecular flexibility index (Phi) is 3.57. The molecule has 0 N–H and O–H groups in total. The van der Waals surface area contributed by atoms with Gasteiger partial charge in [0.15, 0.2) is 0 Å². The van der Waals surface area contributed by atoms with Crippen molar-refractivity contribution in [2.45, 2.75) is 38.0 Å². The molecule has 1 aliphatic carbocycles. The minimum Gasteiger partial charge on any atom is -0.299 e. The Morgan fingerprint density at radius 1 is 1.13 bits per heavy atom. The van der Waals surface area contributed by atoms with Gasteiger partial charge in [-0.25, -0.2) is 0 Å². The van der Waals surface area contributed by atoms with Gasteiger partial charge in [0.25, 0.3) is 0 Å². The smallest absolute Gasteiger partial charge is 0.140 e. The van der Waals surface area contributed by atoms with Crippen LogP contribution in [0.5, 0.6) is 0 Å². The molecular formula is C13H15BrO. The van der Waals surface area contributed by atoms with E-state index in [1.807, 2.05) is 18.2 Å². The van der Waals surface area contributed by atoms with E-state index in [0.29, 0.717) is 5.78 Å². The fourth-order valence-corrected chi connectivity index (χ4v) is 2.81. The number of hydrogen-bond acceptors (Lipinski definition) is 1. The highest BCUT2D eigenvalue weighted by Crippen LogP contribution is 2.33. The van der Waals surface area contributed by atoms with E-state index in [9.17, 15) is 4.79 Å². The summed E-state index contributed by atoms with van der Waals surface area (Å²) in [7, 11) is 0. The molecule has 0 amide bonds. The molecule has 2 rings (SSSR count). The number of rotatable bonds is 1. The Labute approximate surface area is 99.0 Å². The number of benzene rings is 1. The summed E-state index contributed by atoms with van der Waals surface area (Å²) in [5, 5.41) is 0. The first-order chi connectivity index (χ1) is 7.29. The third-order valence-electron chi connectivity index (χ3n) is 3.09. The van der Waals surface area contributed by atoms with Crippen LogP contribution < -0.4 is 0 Å². The summed E-state index contributed by atoms with van der Waals surface area (Å²) in [5.74, 6) is 0.544. The van der Waals surface area contributed by atoms with Crippen LogP contribution in [0.1, 0.15) is 43.6 Å². The van der Waals surface area contributed by atoms with Crippen LogP contribution in [0.15, 0.2) is 28.7 Å². The maximum Gasteiger partial charge on any atom is 0.140 e. The summed E-state index contributed by atoms with van der Waals surface area (Å²) in [6.45, 7) is 0.